The lowest BCUT2D eigenvalue weighted by Gasteiger charge is -2.38. The Morgan fingerprint density at radius 2 is 2.12 bits per heavy atom. The van der Waals surface area contributed by atoms with Crippen molar-refractivity contribution in [3.63, 3.8) is 0 Å². The Hall–Kier alpha value is -2.54. The van der Waals surface area contributed by atoms with Crippen molar-refractivity contribution < 1.29 is 14.6 Å². The van der Waals surface area contributed by atoms with E-state index in [-0.39, 0.29) is 0 Å². The third kappa shape index (κ3) is 4.35. The molecule has 0 aliphatic carbocycles. The van der Waals surface area contributed by atoms with Crippen molar-refractivity contribution in [3.05, 3.63) is 59.6 Å². The Morgan fingerprint density at radius 3 is 2.97 bits per heavy atom. The van der Waals surface area contributed by atoms with Crippen molar-refractivity contribution in [2.75, 3.05) is 26.8 Å². The van der Waals surface area contributed by atoms with Crippen LogP contribution < -0.4 is 9.47 Å². The first kappa shape index (κ1) is 21.3. The first-order chi connectivity index (χ1) is 15.6. The van der Waals surface area contributed by atoms with Crippen molar-refractivity contribution in [1.29, 1.82) is 0 Å². The molecular weight excluding hydrogens is 420 g/mol. The van der Waals surface area contributed by atoms with Gasteiger partial charge in [-0.3, -0.25) is 4.90 Å². The summed E-state index contributed by atoms with van der Waals surface area (Å²) in [5.41, 5.74) is 1.09. The Bertz CT molecular complexity index is 1200. The van der Waals surface area contributed by atoms with Crippen LogP contribution in [0.4, 0.5) is 0 Å². The smallest absolute Gasteiger partial charge is 0.127 e. The SMILES string of the molecule is COc1cccc2sc([C@@H]3CCN(C[C@H](O)COc4ccc5[nH]ccc5c4)[C@@H](C)C3)cc12. The van der Waals surface area contributed by atoms with Crippen LogP contribution in [0.25, 0.3) is 21.0 Å². The van der Waals surface area contributed by atoms with Gasteiger partial charge in [-0.05, 0) is 74.7 Å². The molecule has 1 fully saturated rings. The number of likely N-dealkylation sites (tertiary alicyclic amines) is 1. The minimum Gasteiger partial charge on any atom is -0.496 e. The number of H-pyrrole nitrogens is 1. The number of aliphatic hydroxyl groups is 1. The van der Waals surface area contributed by atoms with Crippen LogP contribution in [0.3, 0.4) is 0 Å². The van der Waals surface area contributed by atoms with Crippen LogP contribution in [0.1, 0.15) is 30.6 Å². The standard InChI is InChI=1S/C26H30N2O3S/c1-17-12-19(26-14-22-24(30-2)4-3-5-25(22)32-26)9-11-28(17)15-20(29)16-31-21-6-7-23-18(13-21)8-10-27-23/h3-8,10,13-14,17,19-20,27,29H,9,11-12,15-16H2,1-2H3/t17-,19+,20-/m0/s1. The van der Waals surface area contributed by atoms with E-state index in [1.54, 1.807) is 7.11 Å². The molecule has 3 heterocycles. The third-order valence-electron chi connectivity index (χ3n) is 6.59. The maximum absolute atomic E-state index is 10.6. The highest BCUT2D eigenvalue weighted by atomic mass is 32.1. The van der Waals surface area contributed by atoms with Crippen LogP contribution in [-0.2, 0) is 0 Å². The van der Waals surface area contributed by atoms with Gasteiger partial charge in [0.1, 0.15) is 24.2 Å². The topological polar surface area (TPSA) is 57.7 Å². The molecule has 1 aliphatic rings. The fourth-order valence-corrected chi connectivity index (χ4v) is 6.05. The van der Waals surface area contributed by atoms with Crippen LogP contribution in [0.5, 0.6) is 11.5 Å². The number of aromatic amines is 1. The zero-order valence-electron chi connectivity index (χ0n) is 18.6. The second-order valence-corrected chi connectivity index (χ2v) is 9.89. The molecule has 6 heteroatoms. The number of hydrogen-bond donors (Lipinski definition) is 2. The normalized spacial score (nSPS) is 20.6. The van der Waals surface area contributed by atoms with E-state index in [0.717, 1.165) is 41.8 Å². The van der Waals surface area contributed by atoms with Gasteiger partial charge >= 0.3 is 0 Å². The van der Waals surface area contributed by atoms with Gasteiger partial charge in [0.2, 0.25) is 0 Å². The summed E-state index contributed by atoms with van der Waals surface area (Å²) in [6, 6.07) is 17.0. The first-order valence-electron chi connectivity index (χ1n) is 11.3. The second kappa shape index (κ2) is 9.14. The lowest BCUT2D eigenvalue weighted by atomic mass is 9.90. The summed E-state index contributed by atoms with van der Waals surface area (Å²) < 4.78 is 12.7. The van der Waals surface area contributed by atoms with Gasteiger partial charge in [-0.2, -0.15) is 0 Å². The van der Waals surface area contributed by atoms with E-state index in [9.17, 15) is 5.11 Å². The number of methoxy groups -OCH3 is 1. The number of ether oxygens (including phenoxy) is 2. The molecule has 2 aromatic heterocycles. The van der Waals surface area contributed by atoms with E-state index < -0.39 is 6.10 Å². The van der Waals surface area contributed by atoms with E-state index in [2.05, 4.69) is 35.0 Å². The summed E-state index contributed by atoms with van der Waals surface area (Å²) >= 11 is 1.89. The van der Waals surface area contributed by atoms with Crippen molar-refractivity contribution in [1.82, 2.24) is 9.88 Å². The Morgan fingerprint density at radius 1 is 1.22 bits per heavy atom. The molecule has 0 bridgehead atoms. The summed E-state index contributed by atoms with van der Waals surface area (Å²) in [6.07, 6.45) is 3.62. The number of hydrogen-bond acceptors (Lipinski definition) is 5. The zero-order valence-corrected chi connectivity index (χ0v) is 19.4. The summed E-state index contributed by atoms with van der Waals surface area (Å²) in [5, 5.41) is 12.9. The van der Waals surface area contributed by atoms with Gasteiger partial charge in [-0.15, -0.1) is 11.3 Å². The molecule has 5 rings (SSSR count). The van der Waals surface area contributed by atoms with Gasteiger partial charge < -0.3 is 19.6 Å². The molecule has 1 aliphatic heterocycles. The molecule has 0 spiro atoms. The highest BCUT2D eigenvalue weighted by Gasteiger charge is 2.29. The number of fused-ring (bicyclic) bond motifs is 2. The first-order valence-corrected chi connectivity index (χ1v) is 12.1. The van der Waals surface area contributed by atoms with E-state index in [4.69, 9.17) is 9.47 Å². The average Bonchev–Trinajstić information content (AvgIpc) is 3.45. The predicted molar refractivity (Wildman–Crippen MR) is 131 cm³/mol. The van der Waals surface area contributed by atoms with Crippen molar-refractivity contribution in [2.24, 2.45) is 0 Å². The molecule has 32 heavy (non-hydrogen) atoms. The third-order valence-corrected chi connectivity index (χ3v) is 7.85. The largest absolute Gasteiger partial charge is 0.496 e. The van der Waals surface area contributed by atoms with Gasteiger partial charge in [0.15, 0.2) is 0 Å². The van der Waals surface area contributed by atoms with E-state index >= 15 is 0 Å². The number of piperidine rings is 1. The summed E-state index contributed by atoms with van der Waals surface area (Å²) in [6.45, 7) is 4.20. The molecule has 3 atom stereocenters. The van der Waals surface area contributed by atoms with Gasteiger partial charge in [0.25, 0.3) is 0 Å². The maximum atomic E-state index is 10.6. The minimum atomic E-state index is -0.510. The maximum Gasteiger partial charge on any atom is 0.127 e. The number of thiophene rings is 1. The zero-order chi connectivity index (χ0) is 22.1. The Labute approximate surface area is 192 Å². The number of aliphatic hydroxyl groups excluding tert-OH is 1. The highest BCUT2D eigenvalue weighted by molar-refractivity contribution is 7.19. The van der Waals surface area contributed by atoms with Gasteiger partial charge in [0, 0.05) is 44.6 Å². The van der Waals surface area contributed by atoms with E-state index in [0.29, 0.717) is 25.1 Å². The summed E-state index contributed by atoms with van der Waals surface area (Å²) in [5.74, 6) is 2.31. The summed E-state index contributed by atoms with van der Waals surface area (Å²) in [4.78, 5) is 7.02. The summed E-state index contributed by atoms with van der Waals surface area (Å²) in [7, 11) is 1.74. The van der Waals surface area contributed by atoms with Crippen molar-refractivity contribution >= 4 is 32.3 Å². The van der Waals surface area contributed by atoms with Crippen molar-refractivity contribution in [3.8, 4) is 11.5 Å². The fourth-order valence-electron chi connectivity index (χ4n) is 4.82. The molecule has 168 valence electrons. The van der Waals surface area contributed by atoms with Gasteiger partial charge in [-0.1, -0.05) is 6.07 Å². The van der Waals surface area contributed by atoms with Crippen LogP contribution >= 0.6 is 11.3 Å². The van der Waals surface area contributed by atoms with Crippen LogP contribution in [0.2, 0.25) is 0 Å². The Kier molecular flexibility index (Phi) is 6.09. The average molecular weight is 451 g/mol. The van der Waals surface area contributed by atoms with E-state index in [1.807, 2.05) is 47.9 Å². The molecule has 0 amide bonds. The predicted octanol–water partition coefficient (Wildman–Crippen LogP) is 5.40. The second-order valence-electron chi connectivity index (χ2n) is 8.78. The minimum absolute atomic E-state index is 0.304. The lowest BCUT2D eigenvalue weighted by Crippen LogP contribution is -2.45. The monoisotopic (exact) mass is 450 g/mol. The number of aromatic nitrogens is 1. The molecule has 1 saturated heterocycles. The lowest BCUT2D eigenvalue weighted by molar-refractivity contribution is 0.0404. The van der Waals surface area contributed by atoms with Gasteiger partial charge in [-0.25, -0.2) is 0 Å². The molecule has 0 saturated carbocycles. The molecule has 2 aromatic carbocycles. The van der Waals surface area contributed by atoms with Crippen LogP contribution in [-0.4, -0.2) is 53.9 Å². The van der Waals surface area contributed by atoms with Crippen LogP contribution in [0, 0.1) is 0 Å². The number of rotatable bonds is 7. The number of nitrogens with one attached hydrogen (secondary N) is 1. The molecule has 0 unspecified atom stereocenters. The molecular formula is C26H30N2O3S. The molecule has 2 N–H and O–H groups in total. The highest BCUT2D eigenvalue weighted by Crippen LogP contribution is 2.40. The number of nitrogens with zero attached hydrogens (tertiary/aromatic N) is 1. The van der Waals surface area contributed by atoms with E-state index in [1.165, 1.54) is 15.0 Å². The Balaban J connectivity index is 1.16. The fraction of sp³-hybridized carbons (Fsp3) is 0.385. The number of benzene rings is 2. The van der Waals surface area contributed by atoms with Gasteiger partial charge in [0.05, 0.1) is 7.11 Å². The molecule has 0 radical (unpaired) electrons. The van der Waals surface area contributed by atoms with Crippen molar-refractivity contribution in [2.45, 2.75) is 37.8 Å². The molecule has 5 nitrogen and oxygen atoms in total. The quantitative estimate of drug-likeness (QED) is 0.396. The number of β-amino-alcohol motifs (C(OH)–C–C–N with tert-alkyl or cyclic N) is 1. The molecule has 4 aromatic rings. The van der Waals surface area contributed by atoms with Crippen LogP contribution in [0.15, 0.2) is 54.7 Å².